The van der Waals surface area contributed by atoms with Crippen molar-refractivity contribution in [2.75, 3.05) is 0 Å². The molecule has 0 amide bonds. The van der Waals surface area contributed by atoms with E-state index in [4.69, 9.17) is 0 Å². The molecule has 10 heavy (non-hydrogen) atoms. The van der Waals surface area contributed by atoms with Gasteiger partial charge in [-0.1, -0.05) is 12.2 Å². The average Bonchev–Trinajstić information content (AvgIpc) is 1.90. The minimum Gasteiger partial charge on any atom is -0.207 e. The number of hydrogen-bond acceptors (Lipinski definition) is 0. The van der Waals surface area contributed by atoms with E-state index in [2.05, 4.69) is 0 Å². The zero-order valence-electron chi connectivity index (χ0n) is 5.22. The molecule has 0 aromatic heterocycles. The van der Waals surface area contributed by atoms with Gasteiger partial charge in [0.2, 0.25) is 0 Å². The minimum absolute atomic E-state index is 0.445. The second-order valence-electron chi connectivity index (χ2n) is 1.82. The molecule has 52 valence electrons. The van der Waals surface area contributed by atoms with E-state index in [1.54, 1.807) is 0 Å². The summed E-state index contributed by atoms with van der Waals surface area (Å²) in [6.07, 6.45) is 7.57. The van der Waals surface area contributed by atoms with Crippen molar-refractivity contribution in [2.24, 2.45) is 0 Å². The monoisotopic (exact) mass is 140 g/mol. The van der Waals surface area contributed by atoms with Crippen LogP contribution in [0.4, 0.5) is 8.78 Å². The van der Waals surface area contributed by atoms with Gasteiger partial charge >= 0.3 is 0 Å². The normalized spacial score (nSPS) is 34.2. The Kier molecular flexibility index (Phi) is 2.15. The van der Waals surface area contributed by atoms with Crippen molar-refractivity contribution in [3.8, 4) is 0 Å². The van der Waals surface area contributed by atoms with E-state index in [1.165, 1.54) is 24.3 Å². The van der Waals surface area contributed by atoms with Crippen LogP contribution in [0.2, 0.25) is 0 Å². The number of halogens is 2. The summed E-state index contributed by atoms with van der Waals surface area (Å²) in [7, 11) is 0. The second-order valence-corrected chi connectivity index (χ2v) is 1.82. The van der Waals surface area contributed by atoms with Crippen molar-refractivity contribution in [3.05, 3.63) is 48.1 Å². The van der Waals surface area contributed by atoms with Gasteiger partial charge in [0.15, 0.2) is 0 Å². The summed E-state index contributed by atoms with van der Waals surface area (Å²) in [6, 6.07) is 0. The first-order valence-electron chi connectivity index (χ1n) is 2.87. The van der Waals surface area contributed by atoms with Crippen LogP contribution in [0.25, 0.3) is 0 Å². The molecule has 1 rings (SSSR count). The van der Waals surface area contributed by atoms with E-state index in [1.807, 2.05) is 0 Å². The lowest BCUT2D eigenvalue weighted by Gasteiger charge is -1.87. The first kappa shape index (κ1) is 6.93. The Balaban J connectivity index is 2.87. The average molecular weight is 140 g/mol. The van der Waals surface area contributed by atoms with E-state index in [-0.39, 0.29) is 0 Å². The molecular weight excluding hydrogens is 134 g/mol. The molecule has 0 radical (unpaired) electrons. The second kappa shape index (κ2) is 3.11. The maximum Gasteiger partial charge on any atom is 0.123 e. The zero-order chi connectivity index (χ0) is 7.40. The van der Waals surface area contributed by atoms with Gasteiger partial charge in [-0.3, -0.25) is 0 Å². The van der Waals surface area contributed by atoms with Gasteiger partial charge in [-0.25, -0.2) is 8.78 Å². The van der Waals surface area contributed by atoms with Crippen LogP contribution in [0.5, 0.6) is 0 Å². The highest BCUT2D eigenvalue weighted by Gasteiger charge is 1.89. The van der Waals surface area contributed by atoms with Crippen LogP contribution in [0.3, 0.4) is 0 Å². The molecule has 2 heteroatoms. The molecule has 0 aromatic rings. The van der Waals surface area contributed by atoms with E-state index in [0.29, 0.717) is 0 Å². The highest BCUT2D eigenvalue weighted by atomic mass is 19.1. The van der Waals surface area contributed by atoms with Crippen LogP contribution in [-0.2, 0) is 0 Å². The molecule has 0 unspecified atom stereocenters. The van der Waals surface area contributed by atoms with Gasteiger partial charge in [0.05, 0.1) is 0 Å². The molecule has 0 saturated carbocycles. The topological polar surface area (TPSA) is 0 Å². The third kappa shape index (κ3) is 1.97. The van der Waals surface area contributed by atoms with E-state index >= 15 is 0 Å². The fraction of sp³-hybridized carbons (Fsp3) is 0. The van der Waals surface area contributed by atoms with Gasteiger partial charge in [0.25, 0.3) is 0 Å². The quantitative estimate of drug-likeness (QED) is 0.485. The first-order valence-corrected chi connectivity index (χ1v) is 2.87. The molecule has 0 aromatic carbocycles. The summed E-state index contributed by atoms with van der Waals surface area (Å²) in [5.41, 5.74) is 0. The summed E-state index contributed by atoms with van der Waals surface area (Å²) in [5.74, 6) is -0.890. The molecule has 0 heterocycles. The van der Waals surface area contributed by atoms with Crippen molar-refractivity contribution in [1.82, 2.24) is 0 Å². The lowest BCUT2D eigenvalue weighted by Crippen LogP contribution is -1.69. The third-order valence-electron chi connectivity index (χ3n) is 1.02. The molecule has 0 saturated heterocycles. The van der Waals surface area contributed by atoms with Crippen LogP contribution >= 0.6 is 0 Å². The number of allylic oxidation sites excluding steroid dienone is 8. The fourth-order valence-corrected chi connectivity index (χ4v) is 0.565. The number of hydrogen-bond donors (Lipinski definition) is 0. The molecule has 0 N–H and O–H groups in total. The van der Waals surface area contributed by atoms with Gasteiger partial charge in [-0.05, 0) is 24.3 Å². The summed E-state index contributed by atoms with van der Waals surface area (Å²) in [6.45, 7) is 0. The lowest BCUT2D eigenvalue weighted by atomic mass is 10.3. The Hall–Kier alpha value is -1.18. The molecule has 0 aliphatic heterocycles. The Bertz CT molecular complexity index is 206. The van der Waals surface area contributed by atoms with Gasteiger partial charge in [0, 0.05) is 0 Å². The highest BCUT2D eigenvalue weighted by molar-refractivity contribution is 5.29. The number of rotatable bonds is 0. The predicted molar refractivity (Wildman–Crippen MR) is 36.7 cm³/mol. The maximum absolute atomic E-state index is 12.3. The Morgan fingerprint density at radius 1 is 0.800 bits per heavy atom. The summed E-state index contributed by atoms with van der Waals surface area (Å²) >= 11 is 0. The van der Waals surface area contributed by atoms with E-state index in [9.17, 15) is 8.78 Å². The summed E-state index contributed by atoms with van der Waals surface area (Å²) in [5, 5.41) is 0. The maximum atomic E-state index is 12.3. The van der Waals surface area contributed by atoms with Gasteiger partial charge in [-0.2, -0.15) is 0 Å². The van der Waals surface area contributed by atoms with Gasteiger partial charge in [0.1, 0.15) is 11.7 Å². The van der Waals surface area contributed by atoms with E-state index < -0.39 is 11.7 Å². The van der Waals surface area contributed by atoms with Crippen molar-refractivity contribution < 1.29 is 8.78 Å². The van der Waals surface area contributed by atoms with Gasteiger partial charge < -0.3 is 0 Å². The van der Waals surface area contributed by atoms with Gasteiger partial charge in [-0.15, -0.1) is 0 Å². The lowest BCUT2D eigenvalue weighted by molar-refractivity contribution is 0.654. The SMILES string of the molecule is FC1=C/C=C(F)\C=C/C=C\1. The van der Waals surface area contributed by atoms with Crippen LogP contribution < -0.4 is 0 Å². The van der Waals surface area contributed by atoms with Crippen LogP contribution in [0.15, 0.2) is 48.1 Å². The molecule has 0 spiro atoms. The largest absolute Gasteiger partial charge is 0.207 e. The minimum atomic E-state index is -0.445. The summed E-state index contributed by atoms with van der Waals surface area (Å²) < 4.78 is 24.7. The Morgan fingerprint density at radius 2 is 1.20 bits per heavy atom. The molecule has 0 fully saturated rings. The predicted octanol–water partition coefficient (Wildman–Crippen LogP) is 2.82. The fourth-order valence-electron chi connectivity index (χ4n) is 0.565. The molecule has 0 bridgehead atoms. The molecule has 0 atom stereocenters. The standard InChI is InChI=1S/C8H6F2/c9-7-3-1-2-4-8(10)6-5-7/h1-6H/b2-1?,3-1-,4-2-,6-5?,7-3?,7-5+,8-4?,8-6+. The molecule has 0 nitrogen and oxygen atoms in total. The summed E-state index contributed by atoms with van der Waals surface area (Å²) in [4.78, 5) is 0. The molecule has 1 aliphatic rings. The molecule has 1 aliphatic carbocycles. The van der Waals surface area contributed by atoms with E-state index in [0.717, 1.165) is 12.2 Å². The van der Waals surface area contributed by atoms with Crippen LogP contribution in [-0.4, -0.2) is 0 Å². The van der Waals surface area contributed by atoms with Crippen LogP contribution in [0.1, 0.15) is 0 Å². The smallest absolute Gasteiger partial charge is 0.123 e. The zero-order valence-corrected chi connectivity index (χ0v) is 5.22. The van der Waals surface area contributed by atoms with Crippen molar-refractivity contribution in [2.45, 2.75) is 0 Å². The Labute approximate surface area is 57.9 Å². The van der Waals surface area contributed by atoms with Crippen molar-refractivity contribution in [3.63, 3.8) is 0 Å². The third-order valence-corrected chi connectivity index (χ3v) is 1.02. The highest BCUT2D eigenvalue weighted by Crippen LogP contribution is 2.07. The molecular formula is C8H6F2. The van der Waals surface area contributed by atoms with Crippen molar-refractivity contribution in [1.29, 1.82) is 0 Å². The van der Waals surface area contributed by atoms with Crippen LogP contribution in [0, 0.1) is 0 Å². The Morgan fingerprint density at radius 3 is 1.60 bits per heavy atom. The van der Waals surface area contributed by atoms with Crippen molar-refractivity contribution >= 4 is 0 Å². The first-order chi connectivity index (χ1) is 4.79.